The smallest absolute Gasteiger partial charge is 0.346 e. The van der Waals surface area contributed by atoms with E-state index in [1.54, 1.807) is 18.2 Å². The van der Waals surface area contributed by atoms with E-state index in [1.165, 1.54) is 23.8 Å². The fraction of sp³-hybridized carbons (Fsp3) is 0.452. The van der Waals surface area contributed by atoms with Gasteiger partial charge in [-0.1, -0.05) is 12.1 Å². The molecule has 2 aliphatic carbocycles. The zero-order chi connectivity index (χ0) is 28.1. The quantitative estimate of drug-likeness (QED) is 0.330. The minimum absolute atomic E-state index is 0.0552. The van der Waals surface area contributed by atoms with E-state index in [4.69, 9.17) is 19.7 Å². The molecular weight excluding hydrogens is 543 g/mol. The van der Waals surface area contributed by atoms with Crippen LogP contribution in [0.1, 0.15) is 70.9 Å². The van der Waals surface area contributed by atoms with Crippen LogP contribution in [0.4, 0.5) is 15.1 Å². The molecule has 3 aromatic rings. The molecule has 4 heterocycles. The van der Waals surface area contributed by atoms with Crippen molar-refractivity contribution < 1.29 is 23.8 Å². The lowest BCUT2D eigenvalue weighted by atomic mass is 9.76. The minimum Gasteiger partial charge on any atom is -0.477 e. The van der Waals surface area contributed by atoms with Crippen molar-refractivity contribution in [3.8, 4) is 11.9 Å². The van der Waals surface area contributed by atoms with E-state index in [2.05, 4.69) is 16.3 Å². The highest BCUT2D eigenvalue weighted by Gasteiger charge is 2.60. The van der Waals surface area contributed by atoms with Crippen LogP contribution in [-0.4, -0.2) is 41.5 Å². The van der Waals surface area contributed by atoms with E-state index in [0.717, 1.165) is 61.6 Å². The third-order valence-corrected chi connectivity index (χ3v) is 10.4. The Morgan fingerprint density at radius 2 is 2.10 bits per heavy atom. The average molecular weight is 575 g/mol. The molecule has 3 fully saturated rings. The predicted octanol–water partition coefficient (Wildman–Crippen LogP) is 6.14. The summed E-state index contributed by atoms with van der Waals surface area (Å²) in [7, 11) is 0. The number of pyridine rings is 1. The van der Waals surface area contributed by atoms with Crippen molar-refractivity contribution in [2.24, 2.45) is 11.3 Å². The van der Waals surface area contributed by atoms with Crippen LogP contribution in [0.2, 0.25) is 0 Å². The van der Waals surface area contributed by atoms with Crippen LogP contribution < -0.4 is 15.0 Å². The van der Waals surface area contributed by atoms with Gasteiger partial charge in [0.15, 0.2) is 0 Å². The number of hydrogen-bond acceptors (Lipinski definition) is 8. The molecule has 0 amide bonds. The van der Waals surface area contributed by atoms with Gasteiger partial charge in [0.1, 0.15) is 28.5 Å². The van der Waals surface area contributed by atoms with Crippen LogP contribution in [0.3, 0.4) is 0 Å². The Hall–Kier alpha value is -3.68. The highest BCUT2D eigenvalue weighted by atomic mass is 32.1. The van der Waals surface area contributed by atoms with Crippen molar-refractivity contribution in [1.29, 1.82) is 5.26 Å². The fourth-order valence-corrected chi connectivity index (χ4v) is 7.79. The summed E-state index contributed by atoms with van der Waals surface area (Å²) in [5.41, 5.74) is 3.00. The monoisotopic (exact) mass is 574 g/mol. The molecule has 0 bridgehead atoms. The Kier molecular flexibility index (Phi) is 6.59. The molecule has 41 heavy (non-hydrogen) atoms. The number of benzene rings is 1. The molecule has 7 rings (SSSR count). The molecule has 10 heteroatoms. The predicted molar refractivity (Wildman–Crippen MR) is 152 cm³/mol. The number of hydrogen-bond donors (Lipinski definition) is 2. The number of carbonyl (C=O) groups is 1. The van der Waals surface area contributed by atoms with Crippen LogP contribution in [0.5, 0.6) is 5.88 Å². The second-order valence-electron chi connectivity index (χ2n) is 11.7. The van der Waals surface area contributed by atoms with E-state index in [-0.39, 0.29) is 24.4 Å². The number of anilines is 2. The van der Waals surface area contributed by atoms with Crippen molar-refractivity contribution in [3.05, 3.63) is 70.0 Å². The zero-order valence-corrected chi connectivity index (χ0v) is 23.3. The van der Waals surface area contributed by atoms with Crippen molar-refractivity contribution >= 4 is 28.0 Å². The van der Waals surface area contributed by atoms with E-state index in [9.17, 15) is 14.3 Å². The fourth-order valence-electron chi connectivity index (χ4n) is 6.86. The summed E-state index contributed by atoms with van der Waals surface area (Å²) in [6, 6.07) is 13.9. The van der Waals surface area contributed by atoms with Gasteiger partial charge in [-0.3, -0.25) is 0 Å². The molecule has 2 aromatic heterocycles. The maximum absolute atomic E-state index is 14.3. The van der Waals surface area contributed by atoms with Gasteiger partial charge in [0, 0.05) is 42.3 Å². The van der Waals surface area contributed by atoms with E-state index < -0.39 is 11.8 Å². The molecule has 212 valence electrons. The lowest BCUT2D eigenvalue weighted by Crippen LogP contribution is -2.47. The standard InChI is InChI=1S/C31H31FN4O4S/c32-23-12-18(15-33)4-5-20(23)17-40-27-3-1-2-24(34-27)19-6-9-31(10-7-19)14-22(31)28-35-29-25(13-26(41-29)30(37)38)36(28)16-21-8-11-39-21/h1-5,12-13,19,21-22,28,35H,6-11,14,16-17H2,(H,37,38). The van der Waals surface area contributed by atoms with Gasteiger partial charge >= 0.3 is 5.97 Å². The molecule has 4 aliphatic rings. The first kappa shape index (κ1) is 26.2. The summed E-state index contributed by atoms with van der Waals surface area (Å²) in [5.74, 6) is 0.0129. The number of nitriles is 1. The number of carboxylic acid groups (broad SMARTS) is 1. The maximum Gasteiger partial charge on any atom is 0.346 e. The largest absolute Gasteiger partial charge is 0.477 e. The summed E-state index contributed by atoms with van der Waals surface area (Å²) in [6.45, 7) is 1.65. The summed E-state index contributed by atoms with van der Waals surface area (Å²) >= 11 is 1.33. The van der Waals surface area contributed by atoms with Gasteiger partial charge in [-0.2, -0.15) is 5.26 Å². The topological polar surface area (TPSA) is 108 Å². The van der Waals surface area contributed by atoms with Gasteiger partial charge in [0.05, 0.1) is 23.4 Å². The van der Waals surface area contributed by atoms with Gasteiger partial charge < -0.3 is 24.8 Å². The second kappa shape index (κ2) is 10.3. The van der Waals surface area contributed by atoms with Gasteiger partial charge in [-0.15, -0.1) is 11.3 Å². The van der Waals surface area contributed by atoms with Crippen molar-refractivity contribution in [1.82, 2.24) is 4.98 Å². The Morgan fingerprint density at radius 3 is 2.80 bits per heavy atom. The van der Waals surface area contributed by atoms with Gasteiger partial charge in [0.25, 0.3) is 0 Å². The number of fused-ring (bicyclic) bond motifs is 1. The van der Waals surface area contributed by atoms with Crippen LogP contribution in [-0.2, 0) is 11.3 Å². The number of halogens is 1. The zero-order valence-electron chi connectivity index (χ0n) is 22.5. The Bertz CT molecular complexity index is 1520. The Labute approximate surface area is 241 Å². The second-order valence-corrected chi connectivity index (χ2v) is 12.8. The molecule has 3 unspecified atom stereocenters. The van der Waals surface area contributed by atoms with E-state index in [0.29, 0.717) is 33.6 Å². The molecule has 1 spiro atoms. The number of aromatic carboxylic acids is 1. The number of thiophene rings is 1. The van der Waals surface area contributed by atoms with Crippen LogP contribution in [0, 0.1) is 28.5 Å². The lowest BCUT2D eigenvalue weighted by molar-refractivity contribution is -0.0452. The van der Waals surface area contributed by atoms with E-state index in [1.807, 2.05) is 18.2 Å². The lowest BCUT2D eigenvalue weighted by Gasteiger charge is -2.37. The number of carboxylic acids is 1. The molecular formula is C31H31FN4O4S. The van der Waals surface area contributed by atoms with Gasteiger partial charge in [-0.25, -0.2) is 14.2 Å². The number of nitrogens with zero attached hydrogens (tertiary/aromatic N) is 3. The molecule has 1 saturated heterocycles. The van der Waals surface area contributed by atoms with Crippen LogP contribution in [0.25, 0.3) is 0 Å². The van der Waals surface area contributed by atoms with Crippen LogP contribution in [0.15, 0.2) is 42.5 Å². The molecule has 3 atom stereocenters. The SMILES string of the molecule is N#Cc1ccc(COc2cccc(C3CCC4(CC3)CC4C3Nc4sc(C(=O)O)cc4N3CC3CCO3)n2)c(F)c1. The summed E-state index contributed by atoms with van der Waals surface area (Å²) in [5, 5.41) is 23.1. The average Bonchev–Trinajstić information content (AvgIpc) is 3.30. The third kappa shape index (κ3) is 4.91. The third-order valence-electron chi connectivity index (χ3n) is 9.38. The first-order valence-corrected chi connectivity index (χ1v) is 15.0. The molecule has 2 aliphatic heterocycles. The Balaban J connectivity index is 0.986. The number of nitrogens with one attached hydrogen (secondary N) is 1. The Morgan fingerprint density at radius 1 is 1.27 bits per heavy atom. The minimum atomic E-state index is -0.881. The first-order valence-electron chi connectivity index (χ1n) is 14.2. The number of rotatable bonds is 8. The van der Waals surface area contributed by atoms with Gasteiger partial charge in [-0.05, 0) is 68.2 Å². The van der Waals surface area contributed by atoms with Crippen molar-refractivity contribution in [3.63, 3.8) is 0 Å². The normalized spacial score (nSPS) is 28.0. The summed E-state index contributed by atoms with van der Waals surface area (Å²) in [6.07, 6.45) is 6.98. The maximum atomic E-state index is 14.3. The summed E-state index contributed by atoms with van der Waals surface area (Å²) in [4.78, 5) is 19.1. The number of ether oxygens (including phenoxy) is 2. The highest BCUT2D eigenvalue weighted by molar-refractivity contribution is 7.18. The van der Waals surface area contributed by atoms with E-state index >= 15 is 0 Å². The van der Waals surface area contributed by atoms with Gasteiger partial charge in [0.2, 0.25) is 5.88 Å². The summed E-state index contributed by atoms with van der Waals surface area (Å²) < 4.78 is 25.8. The van der Waals surface area contributed by atoms with Crippen molar-refractivity contribution in [2.45, 2.75) is 63.3 Å². The molecule has 8 nitrogen and oxygen atoms in total. The molecule has 2 N–H and O–H groups in total. The van der Waals surface area contributed by atoms with Crippen molar-refractivity contribution in [2.75, 3.05) is 23.4 Å². The number of aromatic nitrogens is 1. The highest BCUT2D eigenvalue weighted by Crippen LogP contribution is 2.66. The molecule has 1 aromatic carbocycles. The first-order chi connectivity index (χ1) is 19.9. The molecule has 0 radical (unpaired) electrons. The van der Waals surface area contributed by atoms with Crippen LogP contribution >= 0.6 is 11.3 Å². The molecule has 2 saturated carbocycles.